The number of hydrogen-bond donors (Lipinski definition) is 1. The van der Waals surface area contributed by atoms with E-state index in [4.69, 9.17) is 4.74 Å². The van der Waals surface area contributed by atoms with Crippen LogP contribution in [0, 0.1) is 9.39 Å². The minimum atomic E-state index is -0.537. The quantitative estimate of drug-likeness (QED) is 0.606. The van der Waals surface area contributed by atoms with Crippen molar-refractivity contribution in [3.8, 4) is 0 Å². The minimum absolute atomic E-state index is 0.00354. The number of carbonyl (C=O) groups excluding carboxylic acids is 2. The zero-order valence-electron chi connectivity index (χ0n) is 11.5. The molecule has 0 saturated heterocycles. The van der Waals surface area contributed by atoms with Gasteiger partial charge >= 0.3 is 5.97 Å². The average molecular weight is 413 g/mol. The van der Waals surface area contributed by atoms with Gasteiger partial charge < -0.3 is 10.1 Å². The van der Waals surface area contributed by atoms with Gasteiger partial charge in [-0.15, -0.1) is 0 Å². The zero-order valence-corrected chi connectivity index (χ0v) is 13.7. The van der Waals surface area contributed by atoms with Gasteiger partial charge in [-0.2, -0.15) is 0 Å². The first-order chi connectivity index (χ1) is 10.5. The van der Waals surface area contributed by atoms with Crippen molar-refractivity contribution in [3.05, 3.63) is 63.5 Å². The molecular weight excluding hydrogens is 400 g/mol. The number of halogens is 2. The minimum Gasteiger partial charge on any atom is -0.455 e. The molecule has 6 heteroatoms. The second kappa shape index (κ2) is 7.88. The Kier molecular flexibility index (Phi) is 5.88. The number of benzene rings is 2. The third-order valence-corrected chi connectivity index (χ3v) is 3.71. The number of ether oxygens (including phenoxy) is 1. The Morgan fingerprint density at radius 1 is 1.09 bits per heavy atom. The molecule has 1 N–H and O–H groups in total. The molecule has 0 bridgehead atoms. The SMILES string of the molecule is O=C(COC(=O)Cc1ccc(F)cc1)Nc1ccccc1I. The topological polar surface area (TPSA) is 55.4 Å². The van der Waals surface area contributed by atoms with Crippen molar-refractivity contribution in [1.29, 1.82) is 0 Å². The molecule has 0 aliphatic heterocycles. The van der Waals surface area contributed by atoms with Gasteiger partial charge in [-0.1, -0.05) is 24.3 Å². The monoisotopic (exact) mass is 413 g/mol. The first-order valence-corrected chi connectivity index (χ1v) is 7.57. The van der Waals surface area contributed by atoms with Gasteiger partial charge in [0.05, 0.1) is 12.1 Å². The third-order valence-electron chi connectivity index (χ3n) is 2.77. The van der Waals surface area contributed by atoms with E-state index in [0.29, 0.717) is 11.3 Å². The number of para-hydroxylation sites is 1. The van der Waals surface area contributed by atoms with Crippen molar-refractivity contribution in [2.45, 2.75) is 6.42 Å². The van der Waals surface area contributed by atoms with Crippen LogP contribution in [0.25, 0.3) is 0 Å². The second-order valence-electron chi connectivity index (χ2n) is 4.49. The predicted octanol–water partition coefficient (Wildman–Crippen LogP) is 3.15. The Labute approximate surface area is 140 Å². The molecule has 114 valence electrons. The van der Waals surface area contributed by atoms with Crippen molar-refractivity contribution in [2.24, 2.45) is 0 Å². The van der Waals surface area contributed by atoms with Gasteiger partial charge in [0.2, 0.25) is 0 Å². The molecule has 0 saturated carbocycles. The highest BCUT2D eigenvalue weighted by Crippen LogP contribution is 2.16. The number of esters is 1. The van der Waals surface area contributed by atoms with E-state index in [-0.39, 0.29) is 18.8 Å². The van der Waals surface area contributed by atoms with Gasteiger partial charge in [-0.05, 0) is 52.4 Å². The van der Waals surface area contributed by atoms with Crippen LogP contribution in [0.2, 0.25) is 0 Å². The molecule has 0 atom stereocenters. The highest BCUT2D eigenvalue weighted by molar-refractivity contribution is 14.1. The van der Waals surface area contributed by atoms with Crippen LogP contribution in [0.4, 0.5) is 10.1 Å². The number of hydrogen-bond acceptors (Lipinski definition) is 3. The van der Waals surface area contributed by atoms with Crippen LogP contribution in [0.5, 0.6) is 0 Å². The van der Waals surface area contributed by atoms with Gasteiger partial charge in [0.25, 0.3) is 5.91 Å². The van der Waals surface area contributed by atoms with Gasteiger partial charge in [-0.25, -0.2) is 4.39 Å². The van der Waals surface area contributed by atoms with Crippen LogP contribution in [0.15, 0.2) is 48.5 Å². The Balaban J connectivity index is 1.79. The van der Waals surface area contributed by atoms with E-state index in [1.807, 2.05) is 12.1 Å². The maximum absolute atomic E-state index is 12.7. The molecule has 0 unspecified atom stereocenters. The molecule has 1 amide bonds. The van der Waals surface area contributed by atoms with E-state index in [0.717, 1.165) is 3.57 Å². The molecule has 0 fully saturated rings. The molecule has 2 rings (SSSR count). The first kappa shape index (κ1) is 16.4. The zero-order chi connectivity index (χ0) is 15.9. The number of anilines is 1. The summed E-state index contributed by atoms with van der Waals surface area (Å²) < 4.78 is 18.5. The summed E-state index contributed by atoms with van der Waals surface area (Å²) in [7, 11) is 0. The summed E-state index contributed by atoms with van der Waals surface area (Å²) in [5.41, 5.74) is 1.30. The molecule has 22 heavy (non-hydrogen) atoms. The summed E-state index contributed by atoms with van der Waals surface area (Å²) in [6, 6.07) is 12.8. The van der Waals surface area contributed by atoms with Crippen molar-refractivity contribution >= 4 is 40.2 Å². The number of nitrogens with one attached hydrogen (secondary N) is 1. The van der Waals surface area contributed by atoms with Crippen LogP contribution >= 0.6 is 22.6 Å². The van der Waals surface area contributed by atoms with Crippen LogP contribution < -0.4 is 5.32 Å². The van der Waals surface area contributed by atoms with E-state index >= 15 is 0 Å². The van der Waals surface area contributed by atoms with Crippen molar-refractivity contribution in [2.75, 3.05) is 11.9 Å². The molecular formula is C16H13FINO3. The maximum Gasteiger partial charge on any atom is 0.310 e. The Hall–Kier alpha value is -1.96. The summed E-state index contributed by atoms with van der Waals surface area (Å²) in [4.78, 5) is 23.3. The molecule has 0 aromatic heterocycles. The maximum atomic E-state index is 12.7. The molecule has 4 nitrogen and oxygen atoms in total. The number of rotatable bonds is 5. The number of amides is 1. The molecule has 2 aromatic carbocycles. The van der Waals surface area contributed by atoms with Crippen LogP contribution in [0.1, 0.15) is 5.56 Å². The number of carbonyl (C=O) groups is 2. The lowest BCUT2D eigenvalue weighted by Crippen LogP contribution is -2.22. The summed E-state index contributed by atoms with van der Waals surface area (Å²) in [5.74, 6) is -1.31. The molecule has 2 aromatic rings. The third kappa shape index (κ3) is 5.10. The highest BCUT2D eigenvalue weighted by Gasteiger charge is 2.10. The lowest BCUT2D eigenvalue weighted by atomic mass is 10.1. The Morgan fingerprint density at radius 3 is 2.45 bits per heavy atom. The second-order valence-corrected chi connectivity index (χ2v) is 5.65. The van der Waals surface area contributed by atoms with E-state index in [9.17, 15) is 14.0 Å². The summed E-state index contributed by atoms with van der Waals surface area (Å²) in [6.45, 7) is -0.356. The van der Waals surface area contributed by atoms with Gasteiger partial charge in [-0.3, -0.25) is 9.59 Å². The summed E-state index contributed by atoms with van der Waals surface area (Å²) in [6.07, 6.45) is -0.00354. The summed E-state index contributed by atoms with van der Waals surface area (Å²) in [5, 5.41) is 2.66. The molecule has 0 heterocycles. The van der Waals surface area contributed by atoms with Crippen LogP contribution in [-0.4, -0.2) is 18.5 Å². The average Bonchev–Trinajstić information content (AvgIpc) is 2.50. The van der Waals surface area contributed by atoms with Crippen molar-refractivity contribution < 1.29 is 18.7 Å². The van der Waals surface area contributed by atoms with Crippen LogP contribution in [0.3, 0.4) is 0 Å². The van der Waals surface area contributed by atoms with Crippen molar-refractivity contribution in [3.63, 3.8) is 0 Å². The Morgan fingerprint density at radius 2 is 1.77 bits per heavy atom. The normalized spacial score (nSPS) is 10.1. The lowest BCUT2D eigenvalue weighted by Gasteiger charge is -2.08. The lowest BCUT2D eigenvalue weighted by molar-refractivity contribution is -0.146. The van der Waals surface area contributed by atoms with E-state index in [1.165, 1.54) is 24.3 Å². The van der Waals surface area contributed by atoms with E-state index in [1.54, 1.807) is 12.1 Å². The van der Waals surface area contributed by atoms with Gasteiger partial charge in [0, 0.05) is 3.57 Å². The fraction of sp³-hybridized carbons (Fsp3) is 0.125. The van der Waals surface area contributed by atoms with Gasteiger partial charge in [0.1, 0.15) is 5.82 Å². The molecule has 0 spiro atoms. The largest absolute Gasteiger partial charge is 0.455 e. The van der Waals surface area contributed by atoms with Gasteiger partial charge in [0.15, 0.2) is 6.61 Å². The molecule has 0 aliphatic carbocycles. The fourth-order valence-electron chi connectivity index (χ4n) is 1.71. The van der Waals surface area contributed by atoms with Crippen molar-refractivity contribution in [1.82, 2.24) is 0 Å². The fourth-order valence-corrected chi connectivity index (χ4v) is 2.24. The van der Waals surface area contributed by atoms with Crippen LogP contribution in [-0.2, 0) is 20.7 Å². The summed E-state index contributed by atoms with van der Waals surface area (Å²) >= 11 is 2.10. The highest BCUT2D eigenvalue weighted by atomic mass is 127. The Bertz CT molecular complexity index is 673. The molecule has 0 aliphatic rings. The molecule has 0 radical (unpaired) electrons. The predicted molar refractivity (Wildman–Crippen MR) is 88.9 cm³/mol. The first-order valence-electron chi connectivity index (χ1n) is 6.49. The van der Waals surface area contributed by atoms with E-state index in [2.05, 4.69) is 27.9 Å². The standard InChI is InChI=1S/C16H13FINO3/c17-12-7-5-11(6-8-12)9-16(21)22-10-15(20)19-14-4-2-1-3-13(14)18/h1-8H,9-10H2,(H,19,20). The van der Waals surface area contributed by atoms with E-state index < -0.39 is 11.9 Å². The smallest absolute Gasteiger partial charge is 0.310 e.